The van der Waals surface area contributed by atoms with Gasteiger partial charge in [-0.25, -0.2) is 13.1 Å². The van der Waals surface area contributed by atoms with E-state index in [0.29, 0.717) is 23.5 Å². The number of rotatable bonds is 5. The number of sulfonamides is 1. The maximum absolute atomic E-state index is 13.0. The van der Waals surface area contributed by atoms with Crippen molar-refractivity contribution in [1.29, 1.82) is 0 Å². The fraction of sp³-hybridized carbons (Fsp3) is 0.625. The summed E-state index contributed by atoms with van der Waals surface area (Å²) in [5.74, 6) is 0.831. The third-order valence-electron chi connectivity index (χ3n) is 4.87. The van der Waals surface area contributed by atoms with Crippen LogP contribution in [0.4, 0.5) is 0 Å². The second kappa shape index (κ2) is 6.33. The fourth-order valence-electron chi connectivity index (χ4n) is 3.32. The molecule has 0 radical (unpaired) electrons. The molecule has 1 fully saturated rings. The standard InChI is InChI=1S/C16H24N4O3S/c1-5-13-17-16(23-18-13)14-10(2)20(4)11(3)15(14)24(21,22)19-12-8-6-7-9-12/h12,19H,5-9H2,1-4H3. The zero-order valence-corrected chi connectivity index (χ0v) is 15.4. The molecule has 0 saturated heterocycles. The molecule has 0 spiro atoms. The highest BCUT2D eigenvalue weighted by Gasteiger charge is 2.32. The lowest BCUT2D eigenvalue weighted by atomic mass is 10.2. The van der Waals surface area contributed by atoms with E-state index in [-0.39, 0.29) is 16.8 Å². The third-order valence-corrected chi connectivity index (χ3v) is 6.55. The molecule has 2 aromatic heterocycles. The SMILES string of the molecule is CCc1noc(-c2c(S(=O)(=O)NC3CCCC3)c(C)n(C)c2C)n1. The quantitative estimate of drug-likeness (QED) is 0.893. The van der Waals surface area contributed by atoms with Crippen LogP contribution in [0.5, 0.6) is 0 Å². The fourth-order valence-corrected chi connectivity index (χ4v) is 5.14. The molecular formula is C16H24N4O3S. The molecular weight excluding hydrogens is 328 g/mol. The average molecular weight is 352 g/mol. The number of hydrogen-bond acceptors (Lipinski definition) is 5. The summed E-state index contributed by atoms with van der Waals surface area (Å²) in [4.78, 5) is 4.59. The van der Waals surface area contributed by atoms with Gasteiger partial charge in [-0.2, -0.15) is 4.98 Å². The van der Waals surface area contributed by atoms with Crippen molar-refractivity contribution in [2.45, 2.75) is 63.8 Å². The molecule has 1 aliphatic rings. The Balaban J connectivity index is 2.11. The molecule has 0 aromatic carbocycles. The third kappa shape index (κ3) is 2.88. The topological polar surface area (TPSA) is 90.0 Å². The van der Waals surface area contributed by atoms with Gasteiger partial charge in [0, 0.05) is 30.9 Å². The Morgan fingerprint density at radius 1 is 1.25 bits per heavy atom. The summed E-state index contributed by atoms with van der Waals surface area (Å²) in [7, 11) is -1.80. The van der Waals surface area contributed by atoms with Gasteiger partial charge >= 0.3 is 0 Å². The number of nitrogens with one attached hydrogen (secondary N) is 1. The van der Waals surface area contributed by atoms with Gasteiger partial charge in [0.05, 0.1) is 5.56 Å². The summed E-state index contributed by atoms with van der Waals surface area (Å²) < 4.78 is 36.1. The number of nitrogens with zero attached hydrogens (tertiary/aromatic N) is 3. The van der Waals surface area contributed by atoms with Crippen LogP contribution in [0.25, 0.3) is 11.5 Å². The molecule has 1 saturated carbocycles. The van der Waals surface area contributed by atoms with E-state index >= 15 is 0 Å². The molecule has 0 unspecified atom stereocenters. The van der Waals surface area contributed by atoms with Crippen molar-refractivity contribution in [1.82, 2.24) is 19.4 Å². The molecule has 3 rings (SSSR count). The summed E-state index contributed by atoms with van der Waals surface area (Å²) in [5.41, 5.74) is 1.97. The maximum Gasteiger partial charge on any atom is 0.261 e. The first kappa shape index (κ1) is 17.2. The summed E-state index contributed by atoms with van der Waals surface area (Å²) >= 11 is 0. The average Bonchev–Trinajstić information content (AvgIpc) is 3.24. The van der Waals surface area contributed by atoms with Crippen LogP contribution in [0, 0.1) is 13.8 Å². The monoisotopic (exact) mass is 352 g/mol. The van der Waals surface area contributed by atoms with Crippen molar-refractivity contribution < 1.29 is 12.9 Å². The Kier molecular flexibility index (Phi) is 4.52. The predicted octanol–water partition coefficient (Wildman–Crippen LogP) is 2.48. The van der Waals surface area contributed by atoms with Crippen molar-refractivity contribution >= 4 is 10.0 Å². The van der Waals surface area contributed by atoms with E-state index in [1.54, 1.807) is 6.92 Å². The largest absolute Gasteiger partial charge is 0.350 e. The molecule has 0 aliphatic heterocycles. The van der Waals surface area contributed by atoms with Gasteiger partial charge < -0.3 is 9.09 Å². The molecule has 1 N–H and O–H groups in total. The highest BCUT2D eigenvalue weighted by atomic mass is 32.2. The first-order valence-corrected chi connectivity index (χ1v) is 9.84. The van der Waals surface area contributed by atoms with Crippen LogP contribution < -0.4 is 4.72 Å². The Morgan fingerprint density at radius 2 is 1.92 bits per heavy atom. The van der Waals surface area contributed by atoms with Gasteiger partial charge in [-0.05, 0) is 26.7 Å². The Hall–Kier alpha value is -1.67. The van der Waals surface area contributed by atoms with E-state index in [1.165, 1.54) is 0 Å². The van der Waals surface area contributed by atoms with Gasteiger partial charge in [0.15, 0.2) is 5.82 Å². The smallest absolute Gasteiger partial charge is 0.261 e. The molecule has 24 heavy (non-hydrogen) atoms. The highest BCUT2D eigenvalue weighted by Crippen LogP contribution is 2.35. The van der Waals surface area contributed by atoms with E-state index in [0.717, 1.165) is 31.4 Å². The highest BCUT2D eigenvalue weighted by molar-refractivity contribution is 7.89. The van der Waals surface area contributed by atoms with Crippen molar-refractivity contribution in [3.63, 3.8) is 0 Å². The van der Waals surface area contributed by atoms with Gasteiger partial charge in [0.2, 0.25) is 10.0 Å². The summed E-state index contributed by atoms with van der Waals surface area (Å²) in [6.07, 6.45) is 4.55. The Morgan fingerprint density at radius 3 is 2.50 bits per heavy atom. The minimum atomic E-state index is -3.65. The first-order chi connectivity index (χ1) is 11.3. The van der Waals surface area contributed by atoms with Crippen LogP contribution in [0.1, 0.15) is 49.8 Å². The van der Waals surface area contributed by atoms with Gasteiger partial charge in [0.25, 0.3) is 5.89 Å². The lowest BCUT2D eigenvalue weighted by molar-refractivity contribution is 0.422. The second-order valence-electron chi connectivity index (χ2n) is 6.41. The molecule has 2 heterocycles. The van der Waals surface area contributed by atoms with Gasteiger partial charge in [-0.3, -0.25) is 0 Å². The van der Waals surface area contributed by atoms with Crippen LogP contribution in [0.3, 0.4) is 0 Å². The van der Waals surface area contributed by atoms with Crippen molar-refractivity contribution in [3.8, 4) is 11.5 Å². The minimum Gasteiger partial charge on any atom is -0.350 e. The molecule has 7 nitrogen and oxygen atoms in total. The first-order valence-electron chi connectivity index (χ1n) is 8.36. The van der Waals surface area contributed by atoms with E-state index in [4.69, 9.17) is 4.52 Å². The number of aryl methyl sites for hydroxylation is 1. The van der Waals surface area contributed by atoms with Crippen molar-refractivity contribution in [2.75, 3.05) is 0 Å². The van der Waals surface area contributed by atoms with Gasteiger partial charge in [-0.1, -0.05) is 24.9 Å². The summed E-state index contributed by atoms with van der Waals surface area (Å²) in [5, 5.41) is 3.91. The normalized spacial score (nSPS) is 16.2. The van der Waals surface area contributed by atoms with Crippen molar-refractivity contribution in [2.24, 2.45) is 7.05 Å². The molecule has 1 aliphatic carbocycles. The zero-order valence-electron chi connectivity index (χ0n) is 14.6. The summed E-state index contributed by atoms with van der Waals surface area (Å²) in [6.45, 7) is 5.60. The van der Waals surface area contributed by atoms with Crippen molar-refractivity contribution in [3.05, 3.63) is 17.2 Å². The van der Waals surface area contributed by atoms with Crippen LogP contribution in [0.2, 0.25) is 0 Å². The van der Waals surface area contributed by atoms with E-state index < -0.39 is 10.0 Å². The summed E-state index contributed by atoms with van der Waals surface area (Å²) in [6, 6.07) is 0.0108. The molecule has 132 valence electrons. The van der Waals surface area contributed by atoms with Crippen LogP contribution in [-0.2, 0) is 23.5 Å². The molecule has 0 bridgehead atoms. The minimum absolute atomic E-state index is 0.0108. The number of hydrogen-bond donors (Lipinski definition) is 1. The molecule has 2 aromatic rings. The number of aromatic nitrogens is 3. The van der Waals surface area contributed by atoms with E-state index in [9.17, 15) is 8.42 Å². The van der Waals surface area contributed by atoms with E-state index in [2.05, 4.69) is 14.9 Å². The zero-order chi connectivity index (χ0) is 17.5. The Bertz CT molecular complexity index is 845. The van der Waals surface area contributed by atoms with Gasteiger partial charge in [0.1, 0.15) is 4.90 Å². The van der Waals surface area contributed by atoms with Gasteiger partial charge in [-0.15, -0.1) is 0 Å². The lowest BCUT2D eigenvalue weighted by Gasteiger charge is -2.13. The second-order valence-corrected chi connectivity index (χ2v) is 8.06. The molecule has 0 amide bonds. The van der Waals surface area contributed by atoms with Crippen LogP contribution in [0.15, 0.2) is 9.42 Å². The van der Waals surface area contributed by atoms with Crippen LogP contribution in [-0.4, -0.2) is 29.2 Å². The van der Waals surface area contributed by atoms with E-state index in [1.807, 2.05) is 25.5 Å². The Labute approximate surface area is 142 Å². The maximum atomic E-state index is 13.0. The predicted molar refractivity (Wildman–Crippen MR) is 90.1 cm³/mol. The van der Waals surface area contributed by atoms with Crippen LogP contribution >= 0.6 is 0 Å². The lowest BCUT2D eigenvalue weighted by Crippen LogP contribution is -2.33. The molecule has 8 heteroatoms. The molecule has 0 atom stereocenters.